The van der Waals surface area contributed by atoms with E-state index in [0.29, 0.717) is 0 Å². The van der Waals surface area contributed by atoms with E-state index in [0.717, 1.165) is 4.60 Å². The summed E-state index contributed by atoms with van der Waals surface area (Å²) in [4.78, 5) is 3.73. The van der Waals surface area contributed by atoms with Gasteiger partial charge in [0, 0.05) is 19.5 Å². The molecule has 0 fully saturated rings. The molecule has 0 aliphatic rings. The first kappa shape index (κ1) is 7.73. The molecule has 0 radical (unpaired) electrons. The van der Waals surface area contributed by atoms with Crippen molar-refractivity contribution in [2.24, 2.45) is 0 Å². The van der Waals surface area contributed by atoms with Crippen molar-refractivity contribution in [3.63, 3.8) is 0 Å². The van der Waals surface area contributed by atoms with Crippen LogP contribution in [-0.2, 0) is 19.5 Å². The molecule has 0 atom stereocenters. The molecule has 0 saturated heterocycles. The van der Waals surface area contributed by atoms with E-state index in [1.54, 1.807) is 0 Å². The standard InChI is InChI=1S/C3HBrNS.Zn/c4-3-1-6-2-5-3;/h1H;/q-1;. The summed E-state index contributed by atoms with van der Waals surface area (Å²) in [5, 5.41) is 1.88. The SMILES string of the molecule is Brc1cs[c-]n1.[Zn]. The van der Waals surface area contributed by atoms with E-state index in [2.05, 4.69) is 26.4 Å². The summed E-state index contributed by atoms with van der Waals surface area (Å²) in [6.07, 6.45) is 0. The van der Waals surface area contributed by atoms with Gasteiger partial charge in [0.05, 0.1) is 0 Å². The Kier molecular flexibility index (Phi) is 4.09. The van der Waals surface area contributed by atoms with Gasteiger partial charge in [0.2, 0.25) is 0 Å². The molecule has 1 aromatic rings. The number of nitrogens with zero attached hydrogens (tertiary/aromatic N) is 1. The van der Waals surface area contributed by atoms with Crippen molar-refractivity contribution in [1.82, 2.24) is 4.98 Å². The van der Waals surface area contributed by atoms with Gasteiger partial charge < -0.3 is 4.98 Å². The second-order valence-electron chi connectivity index (χ2n) is 0.762. The van der Waals surface area contributed by atoms with Crippen LogP contribution in [0.4, 0.5) is 0 Å². The van der Waals surface area contributed by atoms with Gasteiger partial charge >= 0.3 is 0 Å². The van der Waals surface area contributed by atoms with E-state index in [1.165, 1.54) is 11.3 Å². The van der Waals surface area contributed by atoms with E-state index in [-0.39, 0.29) is 19.5 Å². The molecule has 0 N–H and O–H groups in total. The summed E-state index contributed by atoms with van der Waals surface area (Å²) in [7, 11) is 0. The van der Waals surface area contributed by atoms with Gasteiger partial charge in [0.15, 0.2) is 0 Å². The van der Waals surface area contributed by atoms with Crippen LogP contribution in [0.15, 0.2) is 9.98 Å². The van der Waals surface area contributed by atoms with E-state index in [4.69, 9.17) is 0 Å². The van der Waals surface area contributed by atoms with Gasteiger partial charge in [-0.05, 0) is 10.1 Å². The number of hydrogen-bond donors (Lipinski definition) is 0. The molecule has 7 heavy (non-hydrogen) atoms. The van der Waals surface area contributed by atoms with Gasteiger partial charge in [0.1, 0.15) is 0 Å². The van der Waals surface area contributed by atoms with Crippen LogP contribution in [-0.4, -0.2) is 4.98 Å². The third-order valence-corrected chi connectivity index (χ3v) is 1.61. The zero-order valence-electron chi connectivity index (χ0n) is 3.52. The number of thiazole rings is 1. The predicted molar refractivity (Wildman–Crippen MR) is 28.6 cm³/mol. The van der Waals surface area contributed by atoms with Crippen LogP contribution < -0.4 is 0 Å². The second-order valence-corrected chi connectivity index (χ2v) is 2.23. The molecule has 1 rings (SSSR count). The monoisotopic (exact) mass is 226 g/mol. The van der Waals surface area contributed by atoms with Crippen molar-refractivity contribution in [3.8, 4) is 0 Å². The average molecular weight is 228 g/mol. The number of rotatable bonds is 0. The molecule has 1 heterocycles. The minimum Gasteiger partial charge on any atom is -0.379 e. The first-order chi connectivity index (χ1) is 2.89. The van der Waals surface area contributed by atoms with Gasteiger partial charge in [-0.2, -0.15) is 0 Å². The van der Waals surface area contributed by atoms with Crippen LogP contribution in [0.2, 0.25) is 0 Å². The van der Waals surface area contributed by atoms with Crippen LogP contribution in [0.1, 0.15) is 0 Å². The minimum absolute atomic E-state index is 0. The van der Waals surface area contributed by atoms with Gasteiger partial charge in [-0.15, -0.1) is 21.3 Å². The van der Waals surface area contributed by atoms with Crippen LogP contribution in [0.25, 0.3) is 0 Å². The summed E-state index contributed by atoms with van der Waals surface area (Å²) in [5.41, 5.74) is 2.67. The Labute approximate surface area is 67.0 Å². The summed E-state index contributed by atoms with van der Waals surface area (Å²) < 4.78 is 0.868. The molecule has 0 bridgehead atoms. The Morgan fingerprint density at radius 1 is 1.86 bits per heavy atom. The third-order valence-electron chi connectivity index (χ3n) is 0.361. The molecule has 4 heteroatoms. The summed E-state index contributed by atoms with van der Waals surface area (Å²) in [6, 6.07) is 0. The minimum atomic E-state index is 0. The van der Waals surface area contributed by atoms with Crippen LogP contribution in [0, 0.1) is 5.51 Å². The first-order valence-corrected chi connectivity index (χ1v) is 3.04. The molecule has 0 spiro atoms. The number of hydrogen-bond acceptors (Lipinski definition) is 2. The Hall–Kier alpha value is 0.733. The van der Waals surface area contributed by atoms with Crippen molar-refractivity contribution < 1.29 is 19.5 Å². The maximum absolute atomic E-state index is 3.73. The molecule has 0 aliphatic heterocycles. The van der Waals surface area contributed by atoms with Crippen molar-refractivity contribution in [1.29, 1.82) is 0 Å². The predicted octanol–water partition coefficient (Wildman–Crippen LogP) is 1.70. The maximum atomic E-state index is 3.73. The van der Waals surface area contributed by atoms with E-state index >= 15 is 0 Å². The molecule has 0 aliphatic carbocycles. The molecule has 0 amide bonds. The first-order valence-electron chi connectivity index (χ1n) is 1.36. The molecule has 1 aromatic heterocycles. The zero-order valence-corrected chi connectivity index (χ0v) is 8.89. The Morgan fingerprint density at radius 3 is 2.71 bits per heavy atom. The van der Waals surface area contributed by atoms with E-state index < -0.39 is 0 Å². The summed E-state index contributed by atoms with van der Waals surface area (Å²) >= 11 is 4.61. The number of aromatic nitrogens is 1. The van der Waals surface area contributed by atoms with Crippen LogP contribution in [0.5, 0.6) is 0 Å². The van der Waals surface area contributed by atoms with E-state index in [9.17, 15) is 0 Å². The fourth-order valence-corrected chi connectivity index (χ4v) is 1.01. The fraction of sp³-hybridized carbons (Fsp3) is 0. The van der Waals surface area contributed by atoms with Crippen molar-refractivity contribution in [3.05, 3.63) is 15.5 Å². The van der Waals surface area contributed by atoms with Gasteiger partial charge in [-0.1, -0.05) is 0 Å². The average Bonchev–Trinajstić information content (AvgIpc) is 1.86. The third kappa shape index (κ3) is 2.52. The quantitative estimate of drug-likeness (QED) is 0.486. The van der Waals surface area contributed by atoms with E-state index in [1.807, 2.05) is 5.38 Å². The molecule has 1 nitrogen and oxygen atoms in total. The zero-order chi connectivity index (χ0) is 4.41. The largest absolute Gasteiger partial charge is 0.379 e. The topological polar surface area (TPSA) is 12.9 Å². The maximum Gasteiger partial charge on any atom is 0 e. The van der Waals surface area contributed by atoms with Crippen molar-refractivity contribution >= 4 is 27.3 Å². The normalized spacial score (nSPS) is 7.57. The van der Waals surface area contributed by atoms with Gasteiger partial charge in [-0.25, -0.2) is 0 Å². The summed E-state index contributed by atoms with van der Waals surface area (Å²) in [6.45, 7) is 0. The summed E-state index contributed by atoms with van der Waals surface area (Å²) in [5.74, 6) is 0. The molecular weight excluding hydrogens is 227 g/mol. The fourth-order valence-electron chi connectivity index (χ4n) is 0.171. The Balaban J connectivity index is 0.000000360. The molecular formula is C3HBrNSZn-. The van der Waals surface area contributed by atoms with Crippen LogP contribution in [0.3, 0.4) is 0 Å². The molecule has 0 aromatic carbocycles. The Bertz CT molecular complexity index is 118. The Morgan fingerprint density at radius 2 is 2.57 bits per heavy atom. The van der Waals surface area contributed by atoms with Gasteiger partial charge in [-0.3, -0.25) is 11.3 Å². The van der Waals surface area contributed by atoms with Gasteiger partial charge in [0.25, 0.3) is 0 Å². The molecule has 34 valence electrons. The van der Waals surface area contributed by atoms with Crippen molar-refractivity contribution in [2.75, 3.05) is 0 Å². The smallest absolute Gasteiger partial charge is 0 e. The van der Waals surface area contributed by atoms with Crippen molar-refractivity contribution in [2.45, 2.75) is 0 Å². The molecule has 0 unspecified atom stereocenters. The van der Waals surface area contributed by atoms with Crippen LogP contribution >= 0.6 is 27.3 Å². The molecule has 0 saturated carbocycles. The number of halogens is 1. The second kappa shape index (κ2) is 3.70.